The molecule has 1 aromatic carbocycles. The average Bonchev–Trinajstić information content (AvgIpc) is 3.00. The van der Waals surface area contributed by atoms with E-state index in [0.29, 0.717) is 12.1 Å². The normalized spacial score (nSPS) is 20.6. The standard InChI is InChI=1S/C17H21F3N2O3/c1-3-10-5-6-11(4-2)14(7-10)21-16(25)22-8-12(15(23)24)13(9-22)17(18,19)20/h5-7,12-13H,3-4,8-9H2,1-2H3,(H,21,25)(H,23,24)/t12-,13-/m1/s1. The summed E-state index contributed by atoms with van der Waals surface area (Å²) in [4.78, 5) is 24.4. The van der Waals surface area contributed by atoms with Gasteiger partial charge in [-0.3, -0.25) is 4.79 Å². The number of aliphatic carboxylic acids is 1. The van der Waals surface area contributed by atoms with Crippen molar-refractivity contribution in [3.63, 3.8) is 0 Å². The number of nitrogens with one attached hydrogen (secondary N) is 1. The van der Waals surface area contributed by atoms with Crippen LogP contribution in [0.25, 0.3) is 0 Å². The van der Waals surface area contributed by atoms with E-state index in [2.05, 4.69) is 5.32 Å². The van der Waals surface area contributed by atoms with Crippen LogP contribution < -0.4 is 5.32 Å². The third kappa shape index (κ3) is 4.24. The number of aryl methyl sites for hydroxylation is 2. The molecule has 0 aromatic heterocycles. The zero-order chi connectivity index (χ0) is 18.8. The Morgan fingerprint density at radius 1 is 1.24 bits per heavy atom. The van der Waals surface area contributed by atoms with E-state index in [1.54, 1.807) is 6.07 Å². The van der Waals surface area contributed by atoms with Crippen molar-refractivity contribution in [3.8, 4) is 0 Å². The Balaban J connectivity index is 2.18. The predicted octanol–water partition coefficient (Wildman–Crippen LogP) is 3.54. The lowest BCUT2D eigenvalue weighted by molar-refractivity contribution is -0.187. The van der Waals surface area contributed by atoms with Crippen LogP contribution in [0.5, 0.6) is 0 Å². The van der Waals surface area contributed by atoms with Gasteiger partial charge in [0.1, 0.15) is 0 Å². The van der Waals surface area contributed by atoms with Gasteiger partial charge in [-0.05, 0) is 30.0 Å². The molecule has 0 saturated carbocycles. The van der Waals surface area contributed by atoms with Crippen molar-refractivity contribution in [2.24, 2.45) is 11.8 Å². The minimum Gasteiger partial charge on any atom is -0.481 e. The van der Waals surface area contributed by atoms with Gasteiger partial charge in [0.15, 0.2) is 0 Å². The highest BCUT2D eigenvalue weighted by atomic mass is 19.4. The largest absolute Gasteiger partial charge is 0.481 e. The summed E-state index contributed by atoms with van der Waals surface area (Å²) in [6.45, 7) is 2.76. The fourth-order valence-electron chi connectivity index (χ4n) is 3.01. The molecule has 5 nitrogen and oxygen atoms in total. The molecule has 0 aliphatic carbocycles. The van der Waals surface area contributed by atoms with E-state index in [-0.39, 0.29) is 0 Å². The first-order valence-corrected chi connectivity index (χ1v) is 8.14. The third-order valence-corrected chi connectivity index (χ3v) is 4.55. The van der Waals surface area contributed by atoms with Gasteiger partial charge in [0.2, 0.25) is 0 Å². The number of alkyl halides is 3. The smallest absolute Gasteiger partial charge is 0.394 e. The molecule has 1 saturated heterocycles. The van der Waals surface area contributed by atoms with Crippen LogP contribution in [0.15, 0.2) is 18.2 Å². The van der Waals surface area contributed by atoms with Crippen molar-refractivity contribution in [2.45, 2.75) is 32.9 Å². The predicted molar refractivity (Wildman–Crippen MR) is 86.5 cm³/mol. The molecule has 1 aliphatic heterocycles. The van der Waals surface area contributed by atoms with Crippen LogP contribution in [-0.2, 0) is 17.6 Å². The van der Waals surface area contributed by atoms with Gasteiger partial charge < -0.3 is 15.3 Å². The van der Waals surface area contributed by atoms with Crippen LogP contribution in [0.2, 0.25) is 0 Å². The number of benzene rings is 1. The van der Waals surface area contributed by atoms with Gasteiger partial charge in [0.05, 0.1) is 11.8 Å². The van der Waals surface area contributed by atoms with Crippen molar-refractivity contribution in [2.75, 3.05) is 18.4 Å². The Bertz CT molecular complexity index is 661. The van der Waals surface area contributed by atoms with E-state index < -0.39 is 43.1 Å². The Labute approximate surface area is 143 Å². The van der Waals surface area contributed by atoms with E-state index in [1.165, 1.54) is 0 Å². The summed E-state index contributed by atoms with van der Waals surface area (Å²) < 4.78 is 39.1. The summed E-state index contributed by atoms with van der Waals surface area (Å²) in [5, 5.41) is 11.7. The van der Waals surface area contributed by atoms with Gasteiger partial charge in [-0.15, -0.1) is 0 Å². The minimum atomic E-state index is -4.66. The molecular formula is C17H21F3N2O3. The maximum absolute atomic E-state index is 13.0. The van der Waals surface area contributed by atoms with E-state index in [4.69, 9.17) is 5.11 Å². The lowest BCUT2D eigenvalue weighted by Gasteiger charge is -2.20. The second kappa shape index (κ2) is 7.33. The molecular weight excluding hydrogens is 337 g/mol. The van der Waals surface area contributed by atoms with E-state index in [1.807, 2.05) is 26.0 Å². The third-order valence-electron chi connectivity index (χ3n) is 4.55. The Morgan fingerprint density at radius 3 is 2.40 bits per heavy atom. The Hall–Kier alpha value is -2.25. The first kappa shape index (κ1) is 19.1. The average molecular weight is 358 g/mol. The second-order valence-electron chi connectivity index (χ2n) is 6.13. The van der Waals surface area contributed by atoms with Crippen LogP contribution in [0.1, 0.15) is 25.0 Å². The van der Waals surface area contributed by atoms with Gasteiger partial charge >= 0.3 is 18.2 Å². The first-order chi connectivity index (χ1) is 11.7. The lowest BCUT2D eigenvalue weighted by atomic mass is 9.96. The molecule has 1 aromatic rings. The number of carbonyl (C=O) groups is 2. The molecule has 0 unspecified atom stereocenters. The van der Waals surface area contributed by atoms with Crippen molar-refractivity contribution in [3.05, 3.63) is 29.3 Å². The molecule has 25 heavy (non-hydrogen) atoms. The molecule has 2 N–H and O–H groups in total. The highest BCUT2D eigenvalue weighted by Crippen LogP contribution is 2.38. The summed E-state index contributed by atoms with van der Waals surface area (Å²) >= 11 is 0. The zero-order valence-corrected chi connectivity index (χ0v) is 14.1. The number of urea groups is 1. The van der Waals surface area contributed by atoms with E-state index >= 15 is 0 Å². The second-order valence-corrected chi connectivity index (χ2v) is 6.13. The number of carboxylic acids is 1. The van der Waals surface area contributed by atoms with E-state index in [9.17, 15) is 22.8 Å². The van der Waals surface area contributed by atoms with Crippen LogP contribution in [-0.4, -0.2) is 41.3 Å². The number of halogens is 3. The maximum atomic E-state index is 13.0. The van der Waals surface area contributed by atoms with Gasteiger partial charge in [0.25, 0.3) is 0 Å². The highest BCUT2D eigenvalue weighted by Gasteiger charge is 2.53. The van der Waals surface area contributed by atoms with Crippen LogP contribution in [0, 0.1) is 11.8 Å². The summed E-state index contributed by atoms with van der Waals surface area (Å²) in [6, 6.07) is 4.89. The molecule has 1 aliphatic rings. The molecule has 8 heteroatoms. The zero-order valence-electron chi connectivity index (χ0n) is 14.1. The van der Waals surface area contributed by atoms with Crippen LogP contribution in [0.4, 0.5) is 23.7 Å². The number of nitrogens with zero attached hydrogens (tertiary/aromatic N) is 1. The number of likely N-dealkylation sites (tertiary alicyclic amines) is 1. The number of carbonyl (C=O) groups excluding carboxylic acids is 1. The van der Waals surface area contributed by atoms with Crippen molar-refractivity contribution in [1.82, 2.24) is 4.90 Å². The lowest BCUT2D eigenvalue weighted by Crippen LogP contribution is -2.35. The SMILES string of the molecule is CCc1ccc(CC)c(NC(=O)N2C[C@@H](C(F)(F)F)[C@H](C(=O)O)C2)c1. The maximum Gasteiger partial charge on any atom is 0.394 e. The van der Waals surface area contributed by atoms with Gasteiger partial charge in [0, 0.05) is 18.8 Å². The number of anilines is 1. The Kier molecular flexibility index (Phi) is 5.59. The quantitative estimate of drug-likeness (QED) is 0.865. The summed E-state index contributed by atoms with van der Waals surface area (Å²) in [6.07, 6.45) is -3.24. The molecule has 2 atom stereocenters. The number of carboxylic acid groups (broad SMARTS) is 1. The fourth-order valence-corrected chi connectivity index (χ4v) is 3.01. The minimum absolute atomic E-state index is 0.458. The number of hydrogen-bond donors (Lipinski definition) is 2. The molecule has 138 valence electrons. The number of amides is 2. The number of hydrogen-bond acceptors (Lipinski definition) is 2. The molecule has 2 amide bonds. The topological polar surface area (TPSA) is 69.6 Å². The fraction of sp³-hybridized carbons (Fsp3) is 0.529. The highest BCUT2D eigenvalue weighted by molar-refractivity contribution is 5.91. The first-order valence-electron chi connectivity index (χ1n) is 8.14. The van der Waals surface area contributed by atoms with Gasteiger partial charge in [-0.25, -0.2) is 4.79 Å². The Morgan fingerprint density at radius 2 is 1.92 bits per heavy atom. The van der Waals surface area contributed by atoms with E-state index in [0.717, 1.165) is 22.4 Å². The van der Waals surface area contributed by atoms with Crippen molar-refractivity contribution >= 4 is 17.7 Å². The molecule has 0 radical (unpaired) electrons. The van der Waals surface area contributed by atoms with Gasteiger partial charge in [-0.2, -0.15) is 13.2 Å². The summed E-state index contributed by atoms with van der Waals surface area (Å²) in [5.41, 5.74) is 2.41. The van der Waals surface area contributed by atoms with Crippen molar-refractivity contribution in [1.29, 1.82) is 0 Å². The monoisotopic (exact) mass is 358 g/mol. The summed E-state index contributed by atoms with van der Waals surface area (Å²) in [7, 11) is 0. The van der Waals surface area contributed by atoms with Crippen LogP contribution in [0.3, 0.4) is 0 Å². The van der Waals surface area contributed by atoms with Crippen molar-refractivity contribution < 1.29 is 27.9 Å². The molecule has 2 rings (SSSR count). The van der Waals surface area contributed by atoms with Crippen LogP contribution >= 0.6 is 0 Å². The summed E-state index contributed by atoms with van der Waals surface area (Å²) in [5.74, 6) is -5.23. The number of rotatable bonds is 4. The molecule has 0 bridgehead atoms. The molecule has 1 heterocycles. The van der Waals surface area contributed by atoms with Gasteiger partial charge in [-0.1, -0.05) is 26.0 Å². The molecule has 1 fully saturated rings. The molecule has 0 spiro atoms.